The normalized spacial score (nSPS) is 14.6. The van der Waals surface area contributed by atoms with Gasteiger partial charge in [-0.2, -0.15) is 0 Å². The Morgan fingerprint density at radius 3 is 2.47 bits per heavy atom. The SMILES string of the molecule is CCC(C)CC(=O)C(C)c1ccncc1. The highest BCUT2D eigenvalue weighted by atomic mass is 16.1. The number of aromatic nitrogens is 1. The molecule has 2 atom stereocenters. The van der Waals surface area contributed by atoms with Crippen molar-refractivity contribution in [2.75, 3.05) is 0 Å². The molecule has 2 heteroatoms. The van der Waals surface area contributed by atoms with Gasteiger partial charge in [-0.3, -0.25) is 9.78 Å². The van der Waals surface area contributed by atoms with Crippen molar-refractivity contribution in [2.45, 2.75) is 39.5 Å². The number of ketones is 1. The van der Waals surface area contributed by atoms with E-state index in [2.05, 4.69) is 18.8 Å². The van der Waals surface area contributed by atoms with E-state index in [9.17, 15) is 4.79 Å². The molecular formula is C13H19NO. The molecule has 0 amide bonds. The first-order valence-corrected chi connectivity index (χ1v) is 5.57. The summed E-state index contributed by atoms with van der Waals surface area (Å²) in [5, 5.41) is 0. The third kappa shape index (κ3) is 3.46. The topological polar surface area (TPSA) is 30.0 Å². The van der Waals surface area contributed by atoms with Crippen LogP contribution in [0.3, 0.4) is 0 Å². The van der Waals surface area contributed by atoms with E-state index in [1.807, 2.05) is 19.1 Å². The Labute approximate surface area is 91.7 Å². The summed E-state index contributed by atoms with van der Waals surface area (Å²) in [5.74, 6) is 0.819. The molecule has 0 saturated heterocycles. The molecule has 0 saturated carbocycles. The van der Waals surface area contributed by atoms with E-state index in [1.54, 1.807) is 12.4 Å². The third-order valence-corrected chi connectivity index (χ3v) is 2.94. The van der Waals surface area contributed by atoms with Crippen molar-refractivity contribution in [1.29, 1.82) is 0 Å². The van der Waals surface area contributed by atoms with E-state index in [1.165, 1.54) is 0 Å². The fourth-order valence-corrected chi connectivity index (χ4v) is 1.50. The highest BCUT2D eigenvalue weighted by molar-refractivity contribution is 5.85. The van der Waals surface area contributed by atoms with Crippen LogP contribution in [0.1, 0.15) is 45.1 Å². The number of nitrogens with zero attached hydrogens (tertiary/aromatic N) is 1. The van der Waals surface area contributed by atoms with E-state index >= 15 is 0 Å². The lowest BCUT2D eigenvalue weighted by Gasteiger charge is -2.13. The fraction of sp³-hybridized carbons (Fsp3) is 0.538. The van der Waals surface area contributed by atoms with Crippen LogP contribution in [-0.2, 0) is 4.79 Å². The van der Waals surface area contributed by atoms with Crippen molar-refractivity contribution in [3.05, 3.63) is 30.1 Å². The lowest BCUT2D eigenvalue weighted by Crippen LogP contribution is -2.12. The zero-order valence-electron chi connectivity index (χ0n) is 9.73. The summed E-state index contributed by atoms with van der Waals surface area (Å²) in [6.45, 7) is 6.21. The molecule has 0 fully saturated rings. The number of Topliss-reactive ketones (excluding diaryl/α,β-unsaturated/α-hetero) is 1. The molecule has 0 spiro atoms. The Hall–Kier alpha value is -1.18. The summed E-state index contributed by atoms with van der Waals surface area (Å²) in [7, 11) is 0. The highest BCUT2D eigenvalue weighted by Gasteiger charge is 2.16. The van der Waals surface area contributed by atoms with Crippen molar-refractivity contribution < 1.29 is 4.79 Å². The van der Waals surface area contributed by atoms with Gasteiger partial charge in [0.1, 0.15) is 5.78 Å². The molecular weight excluding hydrogens is 186 g/mol. The van der Waals surface area contributed by atoms with Crippen molar-refractivity contribution in [3.8, 4) is 0 Å². The minimum absolute atomic E-state index is 0.00185. The molecule has 0 aliphatic carbocycles. The zero-order chi connectivity index (χ0) is 11.3. The van der Waals surface area contributed by atoms with E-state index in [4.69, 9.17) is 0 Å². The molecule has 1 aromatic heterocycles. The lowest BCUT2D eigenvalue weighted by molar-refractivity contribution is -0.121. The van der Waals surface area contributed by atoms with Crippen molar-refractivity contribution in [3.63, 3.8) is 0 Å². The maximum absolute atomic E-state index is 11.9. The number of carbonyl (C=O) groups excluding carboxylic acids is 1. The molecule has 0 aliphatic heterocycles. The Morgan fingerprint density at radius 1 is 1.33 bits per heavy atom. The number of rotatable bonds is 5. The minimum Gasteiger partial charge on any atom is -0.299 e. The molecule has 1 rings (SSSR count). The smallest absolute Gasteiger partial charge is 0.140 e. The first kappa shape index (κ1) is 11.9. The number of pyridine rings is 1. The van der Waals surface area contributed by atoms with Crippen molar-refractivity contribution >= 4 is 5.78 Å². The quantitative estimate of drug-likeness (QED) is 0.739. The molecule has 1 aromatic rings. The van der Waals surface area contributed by atoms with E-state index in [-0.39, 0.29) is 5.92 Å². The van der Waals surface area contributed by atoms with Gasteiger partial charge in [-0.05, 0) is 23.6 Å². The molecule has 0 aromatic carbocycles. The Morgan fingerprint density at radius 2 is 1.93 bits per heavy atom. The summed E-state index contributed by atoms with van der Waals surface area (Å²) in [6.07, 6.45) is 5.22. The van der Waals surface area contributed by atoms with Gasteiger partial charge in [-0.15, -0.1) is 0 Å². The maximum atomic E-state index is 11.9. The predicted molar refractivity (Wildman–Crippen MR) is 61.7 cm³/mol. The highest BCUT2D eigenvalue weighted by Crippen LogP contribution is 2.19. The Kier molecular flexibility index (Phi) is 4.47. The van der Waals surface area contributed by atoms with Crippen LogP contribution in [0.4, 0.5) is 0 Å². The van der Waals surface area contributed by atoms with Crippen LogP contribution in [0.25, 0.3) is 0 Å². The molecule has 1 heterocycles. The standard InChI is InChI=1S/C13H19NO/c1-4-10(2)9-13(15)11(3)12-5-7-14-8-6-12/h5-8,10-11H,4,9H2,1-3H3. The molecule has 0 bridgehead atoms. The van der Waals surface area contributed by atoms with Gasteiger partial charge in [0.25, 0.3) is 0 Å². The largest absolute Gasteiger partial charge is 0.299 e. The molecule has 2 nitrogen and oxygen atoms in total. The number of hydrogen-bond donors (Lipinski definition) is 0. The van der Waals surface area contributed by atoms with Crippen molar-refractivity contribution in [2.24, 2.45) is 5.92 Å². The summed E-state index contributed by atoms with van der Waals surface area (Å²) >= 11 is 0. The third-order valence-electron chi connectivity index (χ3n) is 2.94. The first-order chi connectivity index (χ1) is 7.15. The molecule has 0 aliphatic rings. The van der Waals surface area contributed by atoms with Gasteiger partial charge in [0.05, 0.1) is 0 Å². The van der Waals surface area contributed by atoms with Gasteiger partial charge in [0, 0.05) is 24.7 Å². The summed E-state index contributed by atoms with van der Waals surface area (Å²) in [4.78, 5) is 15.8. The van der Waals surface area contributed by atoms with E-state index in [0.717, 1.165) is 12.0 Å². The molecule has 15 heavy (non-hydrogen) atoms. The maximum Gasteiger partial charge on any atom is 0.140 e. The lowest BCUT2D eigenvalue weighted by atomic mass is 9.91. The second-order valence-corrected chi connectivity index (χ2v) is 4.19. The van der Waals surface area contributed by atoms with Gasteiger partial charge < -0.3 is 0 Å². The van der Waals surface area contributed by atoms with Crippen LogP contribution in [0.2, 0.25) is 0 Å². The monoisotopic (exact) mass is 205 g/mol. The average molecular weight is 205 g/mol. The number of hydrogen-bond acceptors (Lipinski definition) is 2. The predicted octanol–water partition coefficient (Wildman–Crippen LogP) is 3.19. The van der Waals surface area contributed by atoms with Gasteiger partial charge in [0.15, 0.2) is 0 Å². The van der Waals surface area contributed by atoms with Gasteiger partial charge in [0.2, 0.25) is 0 Å². The second-order valence-electron chi connectivity index (χ2n) is 4.19. The fourth-order valence-electron chi connectivity index (χ4n) is 1.50. The van der Waals surface area contributed by atoms with Crippen molar-refractivity contribution in [1.82, 2.24) is 4.98 Å². The van der Waals surface area contributed by atoms with E-state index in [0.29, 0.717) is 18.1 Å². The Bertz CT molecular complexity index is 308. The second kappa shape index (κ2) is 5.64. The van der Waals surface area contributed by atoms with Gasteiger partial charge >= 0.3 is 0 Å². The van der Waals surface area contributed by atoms with E-state index < -0.39 is 0 Å². The zero-order valence-corrected chi connectivity index (χ0v) is 9.73. The molecule has 82 valence electrons. The summed E-state index contributed by atoms with van der Waals surface area (Å²) in [6, 6.07) is 3.83. The first-order valence-electron chi connectivity index (χ1n) is 5.57. The van der Waals surface area contributed by atoms with Crippen LogP contribution in [-0.4, -0.2) is 10.8 Å². The number of carbonyl (C=O) groups is 1. The summed E-state index contributed by atoms with van der Waals surface area (Å²) < 4.78 is 0. The van der Waals surface area contributed by atoms with Gasteiger partial charge in [-0.25, -0.2) is 0 Å². The molecule has 0 N–H and O–H groups in total. The van der Waals surface area contributed by atoms with Crippen LogP contribution < -0.4 is 0 Å². The molecule has 0 radical (unpaired) electrons. The average Bonchev–Trinajstić information content (AvgIpc) is 2.29. The van der Waals surface area contributed by atoms with Crippen LogP contribution in [0.5, 0.6) is 0 Å². The molecule has 2 unspecified atom stereocenters. The van der Waals surface area contributed by atoms with Crippen LogP contribution in [0.15, 0.2) is 24.5 Å². The Balaban J connectivity index is 2.61. The van der Waals surface area contributed by atoms with Crippen LogP contribution in [0, 0.1) is 5.92 Å². The summed E-state index contributed by atoms with van der Waals surface area (Å²) in [5.41, 5.74) is 1.07. The van der Waals surface area contributed by atoms with Gasteiger partial charge in [-0.1, -0.05) is 27.2 Å². The minimum atomic E-state index is 0.00185. The van der Waals surface area contributed by atoms with Crippen LogP contribution >= 0.6 is 0 Å².